The molecule has 0 aromatic carbocycles. The molecule has 0 unspecified atom stereocenters. The number of aromatic nitrogens is 2. The van der Waals surface area contributed by atoms with Gasteiger partial charge >= 0.3 is 11.9 Å². The maximum absolute atomic E-state index is 11.8. The first-order valence-corrected chi connectivity index (χ1v) is 7.97. The van der Waals surface area contributed by atoms with Gasteiger partial charge in [-0.25, -0.2) is 4.98 Å². The molecule has 0 saturated heterocycles. The molecule has 1 aromatic heterocycles. The number of ether oxygens (including phenoxy) is 1. The number of rotatable bonds is 12. The number of carboxylic acids is 1. The summed E-state index contributed by atoms with van der Waals surface area (Å²) in [7, 11) is 1.82. The van der Waals surface area contributed by atoms with Crippen molar-refractivity contribution in [3.8, 4) is 0 Å². The van der Waals surface area contributed by atoms with E-state index in [-0.39, 0.29) is 37.6 Å². The number of carboxylic acid groups (broad SMARTS) is 1. The van der Waals surface area contributed by atoms with Crippen LogP contribution in [0.3, 0.4) is 0 Å². The summed E-state index contributed by atoms with van der Waals surface area (Å²) in [6, 6.07) is 0. The van der Waals surface area contributed by atoms with E-state index >= 15 is 0 Å². The highest BCUT2D eigenvalue weighted by Gasteiger charge is 2.10. The minimum Gasteiger partial charge on any atom is -0.481 e. The Kier molecular flexibility index (Phi) is 9.09. The Morgan fingerprint density at radius 3 is 2.44 bits per heavy atom. The molecule has 1 N–H and O–H groups in total. The van der Waals surface area contributed by atoms with Crippen LogP contribution in [0.15, 0.2) is 18.7 Å². The SMILES string of the molecule is CN(CCC(=O)CCOC(=O)CCC(=O)O)CCC(=O)n1ccnc1. The van der Waals surface area contributed by atoms with E-state index in [2.05, 4.69) is 4.98 Å². The average Bonchev–Trinajstić information content (AvgIpc) is 3.10. The Morgan fingerprint density at radius 2 is 1.80 bits per heavy atom. The molecule has 0 bridgehead atoms. The first-order valence-electron chi connectivity index (χ1n) is 7.97. The van der Waals surface area contributed by atoms with Crippen molar-refractivity contribution in [1.29, 1.82) is 0 Å². The molecule has 0 spiro atoms. The van der Waals surface area contributed by atoms with E-state index in [1.165, 1.54) is 17.1 Å². The predicted molar refractivity (Wildman–Crippen MR) is 87.0 cm³/mol. The summed E-state index contributed by atoms with van der Waals surface area (Å²) in [5.41, 5.74) is 0. The second-order valence-electron chi connectivity index (χ2n) is 5.57. The standard InChI is InChI=1S/C16H23N3O6/c1-18(9-5-14(21)19-10-7-17-12-19)8-4-13(20)6-11-25-16(24)3-2-15(22)23/h7,10,12H,2-6,8-9,11H2,1H3,(H,22,23). The summed E-state index contributed by atoms with van der Waals surface area (Å²) >= 11 is 0. The van der Waals surface area contributed by atoms with Crippen molar-refractivity contribution >= 4 is 23.6 Å². The van der Waals surface area contributed by atoms with Gasteiger partial charge in [0.1, 0.15) is 12.1 Å². The molecule has 25 heavy (non-hydrogen) atoms. The third-order valence-corrected chi connectivity index (χ3v) is 3.46. The number of esters is 1. The van der Waals surface area contributed by atoms with Gasteiger partial charge in [0.05, 0.1) is 19.4 Å². The monoisotopic (exact) mass is 353 g/mol. The maximum atomic E-state index is 11.8. The van der Waals surface area contributed by atoms with Crippen molar-refractivity contribution < 1.29 is 29.0 Å². The molecular formula is C16H23N3O6. The van der Waals surface area contributed by atoms with E-state index in [9.17, 15) is 19.2 Å². The quantitative estimate of drug-likeness (QED) is 0.543. The minimum absolute atomic E-state index is 0.0416. The molecule has 0 fully saturated rings. The molecular weight excluding hydrogens is 330 g/mol. The lowest BCUT2D eigenvalue weighted by Gasteiger charge is -2.15. The summed E-state index contributed by atoms with van der Waals surface area (Å²) in [5, 5.41) is 8.44. The first kappa shape index (κ1) is 20.5. The molecule has 138 valence electrons. The highest BCUT2D eigenvalue weighted by Crippen LogP contribution is 1.99. The third-order valence-electron chi connectivity index (χ3n) is 3.46. The van der Waals surface area contributed by atoms with Crippen LogP contribution in [0.4, 0.5) is 0 Å². The maximum Gasteiger partial charge on any atom is 0.306 e. The molecule has 0 amide bonds. The highest BCUT2D eigenvalue weighted by molar-refractivity contribution is 5.80. The lowest BCUT2D eigenvalue weighted by molar-refractivity contribution is -0.148. The van der Waals surface area contributed by atoms with Gasteiger partial charge in [-0.05, 0) is 7.05 Å². The van der Waals surface area contributed by atoms with Crippen molar-refractivity contribution in [2.75, 3.05) is 26.7 Å². The molecule has 0 aliphatic heterocycles. The van der Waals surface area contributed by atoms with Crippen LogP contribution in [0.25, 0.3) is 0 Å². The number of Topliss-reactive ketones (excluding diaryl/α,β-unsaturated/α-hetero) is 1. The van der Waals surface area contributed by atoms with Crippen molar-refractivity contribution in [3.63, 3.8) is 0 Å². The fraction of sp³-hybridized carbons (Fsp3) is 0.562. The molecule has 1 aromatic rings. The lowest BCUT2D eigenvalue weighted by Crippen LogP contribution is -2.26. The zero-order chi connectivity index (χ0) is 18.7. The summed E-state index contributed by atoms with van der Waals surface area (Å²) in [6.45, 7) is 0.984. The summed E-state index contributed by atoms with van der Waals surface area (Å²) in [4.78, 5) is 50.7. The Bertz CT molecular complexity index is 585. The van der Waals surface area contributed by atoms with Crippen LogP contribution >= 0.6 is 0 Å². The van der Waals surface area contributed by atoms with Crippen molar-refractivity contribution in [2.45, 2.75) is 32.1 Å². The van der Waals surface area contributed by atoms with Gasteiger partial charge in [0.2, 0.25) is 5.91 Å². The topological polar surface area (TPSA) is 119 Å². The van der Waals surface area contributed by atoms with Gasteiger partial charge in [-0.3, -0.25) is 23.7 Å². The Hall–Kier alpha value is -2.55. The van der Waals surface area contributed by atoms with Crippen LogP contribution in [-0.2, 0) is 19.1 Å². The van der Waals surface area contributed by atoms with E-state index in [0.29, 0.717) is 25.9 Å². The van der Waals surface area contributed by atoms with Crippen LogP contribution in [-0.4, -0.2) is 69.9 Å². The fourth-order valence-electron chi connectivity index (χ4n) is 1.93. The molecule has 1 heterocycles. The zero-order valence-electron chi connectivity index (χ0n) is 14.2. The number of aliphatic carboxylic acids is 1. The van der Waals surface area contributed by atoms with E-state index in [1.807, 2.05) is 11.9 Å². The van der Waals surface area contributed by atoms with Gasteiger partial charge in [-0.1, -0.05) is 0 Å². The van der Waals surface area contributed by atoms with Gasteiger partial charge < -0.3 is 14.7 Å². The number of ketones is 1. The molecule has 0 aliphatic rings. The van der Waals surface area contributed by atoms with Crippen molar-refractivity contribution in [3.05, 3.63) is 18.7 Å². The molecule has 0 saturated carbocycles. The van der Waals surface area contributed by atoms with E-state index in [4.69, 9.17) is 9.84 Å². The third kappa shape index (κ3) is 9.36. The van der Waals surface area contributed by atoms with Gasteiger partial charge in [-0.2, -0.15) is 0 Å². The van der Waals surface area contributed by atoms with E-state index < -0.39 is 11.9 Å². The van der Waals surface area contributed by atoms with E-state index in [1.54, 1.807) is 6.20 Å². The predicted octanol–water partition coefficient (Wildman–Crippen LogP) is 0.603. The fourth-order valence-corrected chi connectivity index (χ4v) is 1.93. The van der Waals surface area contributed by atoms with Crippen LogP contribution in [0, 0.1) is 0 Å². The first-order chi connectivity index (χ1) is 11.9. The van der Waals surface area contributed by atoms with Crippen molar-refractivity contribution in [1.82, 2.24) is 14.5 Å². The molecule has 0 aliphatic carbocycles. The summed E-state index contributed by atoms with van der Waals surface area (Å²) < 4.78 is 6.21. The molecule has 1 rings (SSSR count). The largest absolute Gasteiger partial charge is 0.481 e. The number of carbonyl (C=O) groups excluding carboxylic acids is 3. The van der Waals surface area contributed by atoms with Gasteiger partial charge in [0, 0.05) is 44.7 Å². The molecule has 9 nitrogen and oxygen atoms in total. The number of carbonyl (C=O) groups is 4. The normalized spacial score (nSPS) is 10.6. The zero-order valence-corrected chi connectivity index (χ0v) is 14.2. The van der Waals surface area contributed by atoms with Crippen LogP contribution < -0.4 is 0 Å². The lowest BCUT2D eigenvalue weighted by atomic mass is 10.2. The average molecular weight is 353 g/mol. The smallest absolute Gasteiger partial charge is 0.306 e. The summed E-state index contributed by atoms with van der Waals surface area (Å²) in [6.07, 6.45) is 4.81. The molecule has 0 atom stereocenters. The Labute approximate surface area is 145 Å². The Morgan fingerprint density at radius 1 is 1.08 bits per heavy atom. The number of nitrogens with zero attached hydrogens (tertiary/aromatic N) is 3. The van der Waals surface area contributed by atoms with Gasteiger partial charge in [0.25, 0.3) is 0 Å². The number of imidazole rings is 1. The van der Waals surface area contributed by atoms with Crippen LogP contribution in [0.1, 0.15) is 36.9 Å². The minimum atomic E-state index is -1.07. The second kappa shape index (κ2) is 11.1. The van der Waals surface area contributed by atoms with Crippen LogP contribution in [0.2, 0.25) is 0 Å². The second-order valence-corrected chi connectivity index (χ2v) is 5.57. The molecule has 0 radical (unpaired) electrons. The highest BCUT2D eigenvalue weighted by atomic mass is 16.5. The van der Waals surface area contributed by atoms with Gasteiger partial charge in [0.15, 0.2) is 0 Å². The summed E-state index contributed by atoms with van der Waals surface area (Å²) in [5.74, 6) is -1.81. The van der Waals surface area contributed by atoms with Crippen LogP contribution in [0.5, 0.6) is 0 Å². The number of hydrogen-bond acceptors (Lipinski definition) is 7. The van der Waals surface area contributed by atoms with E-state index in [0.717, 1.165) is 0 Å². The number of hydrogen-bond donors (Lipinski definition) is 1. The molecule has 9 heteroatoms. The Balaban J connectivity index is 2.09. The van der Waals surface area contributed by atoms with Crippen molar-refractivity contribution in [2.24, 2.45) is 0 Å². The van der Waals surface area contributed by atoms with Gasteiger partial charge in [-0.15, -0.1) is 0 Å².